The molecule has 26 heavy (non-hydrogen) atoms. The molecule has 3 aromatic rings. The van der Waals surface area contributed by atoms with Crippen LogP contribution in [-0.4, -0.2) is 43.7 Å². The number of likely N-dealkylation sites (tertiary alicyclic amines) is 1. The second-order valence-corrected chi connectivity index (χ2v) is 8.88. The van der Waals surface area contributed by atoms with Gasteiger partial charge < -0.3 is 9.67 Å². The largest absolute Gasteiger partial charge is 0.391 e. The van der Waals surface area contributed by atoms with Crippen LogP contribution in [0.4, 0.5) is 0 Å². The van der Waals surface area contributed by atoms with Gasteiger partial charge in [-0.2, -0.15) is 0 Å². The summed E-state index contributed by atoms with van der Waals surface area (Å²) in [4.78, 5) is 11.7. The zero-order valence-electron chi connectivity index (χ0n) is 15.0. The molecule has 6 heteroatoms. The third kappa shape index (κ3) is 2.86. The van der Waals surface area contributed by atoms with E-state index in [2.05, 4.69) is 37.8 Å². The Hall–Kier alpha value is -1.76. The molecular weight excluding hydrogens is 344 g/mol. The van der Waals surface area contributed by atoms with Crippen LogP contribution in [0, 0.1) is 18.8 Å². The predicted molar refractivity (Wildman–Crippen MR) is 103 cm³/mol. The molecule has 5 rings (SSSR count). The lowest BCUT2D eigenvalue weighted by Gasteiger charge is -2.36. The summed E-state index contributed by atoms with van der Waals surface area (Å²) in [6.45, 7) is 5.19. The van der Waals surface area contributed by atoms with Crippen LogP contribution in [0.5, 0.6) is 0 Å². The van der Waals surface area contributed by atoms with Gasteiger partial charge >= 0.3 is 0 Å². The van der Waals surface area contributed by atoms with Crippen molar-refractivity contribution >= 4 is 22.4 Å². The standard InChI is InChI=1S/C20H24N4OS/c1-13-22-16(11-26-13)10-23-8-14-6-19(20(25)7-15(14)9-23)24-12-21-17-4-2-3-5-18(17)24/h2-5,11-12,14-15,19-20,25H,6-10H2,1H3/t14-,15+,19-,20-/m1/s1. The Bertz CT molecular complexity index is 919. The molecule has 0 radical (unpaired) electrons. The minimum atomic E-state index is -0.296. The second kappa shape index (κ2) is 6.44. The molecule has 0 amide bonds. The van der Waals surface area contributed by atoms with Gasteiger partial charge in [0.15, 0.2) is 0 Å². The molecule has 4 atom stereocenters. The highest BCUT2D eigenvalue weighted by molar-refractivity contribution is 7.09. The Labute approximate surface area is 157 Å². The summed E-state index contributed by atoms with van der Waals surface area (Å²) >= 11 is 1.73. The normalized spacial score (nSPS) is 29.3. The quantitative estimate of drug-likeness (QED) is 0.771. The first-order valence-electron chi connectivity index (χ1n) is 9.40. The molecule has 1 aliphatic heterocycles. The molecule has 0 unspecified atom stereocenters. The number of aliphatic hydroxyl groups is 1. The van der Waals surface area contributed by atoms with Crippen molar-refractivity contribution in [2.75, 3.05) is 13.1 Å². The summed E-state index contributed by atoms with van der Waals surface area (Å²) in [6.07, 6.45) is 3.52. The van der Waals surface area contributed by atoms with Crippen LogP contribution >= 0.6 is 11.3 Å². The lowest BCUT2D eigenvalue weighted by molar-refractivity contribution is 0.0374. The Balaban J connectivity index is 1.33. The van der Waals surface area contributed by atoms with E-state index in [1.807, 2.05) is 24.5 Å². The van der Waals surface area contributed by atoms with Crippen molar-refractivity contribution in [2.45, 2.75) is 38.5 Å². The van der Waals surface area contributed by atoms with E-state index < -0.39 is 0 Å². The molecule has 1 N–H and O–H groups in total. The van der Waals surface area contributed by atoms with Gasteiger partial charge in [0.1, 0.15) is 0 Å². The second-order valence-electron chi connectivity index (χ2n) is 7.82. The number of aliphatic hydroxyl groups excluding tert-OH is 1. The van der Waals surface area contributed by atoms with E-state index in [1.165, 1.54) is 5.69 Å². The molecule has 2 fully saturated rings. The number of thiazole rings is 1. The van der Waals surface area contributed by atoms with Gasteiger partial charge in [-0.25, -0.2) is 9.97 Å². The SMILES string of the molecule is Cc1nc(CN2C[C@H]3C[C@@H](n4cnc5ccccc54)[C@H](O)C[C@H]3C2)cs1. The van der Waals surface area contributed by atoms with E-state index >= 15 is 0 Å². The van der Waals surface area contributed by atoms with Crippen LogP contribution in [0.2, 0.25) is 0 Å². The molecule has 1 saturated heterocycles. The van der Waals surface area contributed by atoms with Crippen molar-refractivity contribution in [3.63, 3.8) is 0 Å². The van der Waals surface area contributed by atoms with Gasteiger partial charge in [-0.05, 0) is 43.7 Å². The lowest BCUT2D eigenvalue weighted by atomic mass is 9.77. The van der Waals surface area contributed by atoms with E-state index in [9.17, 15) is 5.11 Å². The summed E-state index contributed by atoms with van der Waals surface area (Å²) in [5.41, 5.74) is 3.32. The van der Waals surface area contributed by atoms with Crippen molar-refractivity contribution in [3.05, 3.63) is 46.7 Å². The monoisotopic (exact) mass is 368 g/mol. The number of benzene rings is 1. The Morgan fingerprint density at radius 2 is 2.00 bits per heavy atom. The number of para-hydroxylation sites is 2. The molecular formula is C20H24N4OS. The Morgan fingerprint density at radius 1 is 1.19 bits per heavy atom. The molecule has 1 aromatic carbocycles. The van der Waals surface area contributed by atoms with Gasteiger partial charge in [0.2, 0.25) is 0 Å². The Kier molecular flexibility index (Phi) is 4.07. The summed E-state index contributed by atoms with van der Waals surface area (Å²) in [5.74, 6) is 1.24. The van der Waals surface area contributed by atoms with Crippen molar-refractivity contribution in [2.24, 2.45) is 11.8 Å². The number of nitrogens with zero attached hydrogens (tertiary/aromatic N) is 4. The maximum absolute atomic E-state index is 10.8. The van der Waals surface area contributed by atoms with Crippen molar-refractivity contribution in [3.8, 4) is 0 Å². The number of imidazole rings is 1. The van der Waals surface area contributed by atoms with Crippen molar-refractivity contribution < 1.29 is 5.11 Å². The molecule has 0 bridgehead atoms. The number of rotatable bonds is 3. The van der Waals surface area contributed by atoms with Gasteiger partial charge in [0, 0.05) is 25.0 Å². The minimum absolute atomic E-state index is 0.130. The first kappa shape index (κ1) is 16.4. The summed E-state index contributed by atoms with van der Waals surface area (Å²) in [5, 5.41) is 14.2. The lowest BCUT2D eigenvalue weighted by Crippen LogP contribution is -2.36. The van der Waals surface area contributed by atoms with Crippen LogP contribution in [0.25, 0.3) is 11.0 Å². The minimum Gasteiger partial charge on any atom is -0.391 e. The first-order chi connectivity index (χ1) is 12.7. The number of hydrogen-bond donors (Lipinski definition) is 1. The van der Waals surface area contributed by atoms with Gasteiger partial charge in [-0.1, -0.05) is 12.1 Å². The van der Waals surface area contributed by atoms with Crippen LogP contribution < -0.4 is 0 Å². The van der Waals surface area contributed by atoms with Crippen LogP contribution in [0.3, 0.4) is 0 Å². The highest BCUT2D eigenvalue weighted by atomic mass is 32.1. The van der Waals surface area contributed by atoms with Crippen molar-refractivity contribution in [1.29, 1.82) is 0 Å². The maximum atomic E-state index is 10.8. The van der Waals surface area contributed by atoms with Crippen molar-refractivity contribution in [1.82, 2.24) is 19.4 Å². The molecule has 0 spiro atoms. The molecule has 2 aromatic heterocycles. The first-order valence-corrected chi connectivity index (χ1v) is 10.3. The number of fused-ring (bicyclic) bond motifs is 2. The van der Waals surface area contributed by atoms with Gasteiger partial charge in [-0.3, -0.25) is 4.90 Å². The fraction of sp³-hybridized carbons (Fsp3) is 0.500. The summed E-state index contributed by atoms with van der Waals surface area (Å²) < 4.78 is 2.20. The van der Waals surface area contributed by atoms with Crippen LogP contribution in [-0.2, 0) is 6.54 Å². The molecule has 136 valence electrons. The van der Waals surface area contributed by atoms with E-state index in [1.54, 1.807) is 11.3 Å². The molecule has 1 aliphatic carbocycles. The highest BCUT2D eigenvalue weighted by Crippen LogP contribution is 2.42. The van der Waals surface area contributed by atoms with Crippen LogP contribution in [0.15, 0.2) is 36.0 Å². The zero-order valence-corrected chi connectivity index (χ0v) is 15.8. The fourth-order valence-electron chi connectivity index (χ4n) is 4.89. The predicted octanol–water partition coefficient (Wildman–Crippen LogP) is 3.25. The van der Waals surface area contributed by atoms with Crippen LogP contribution in [0.1, 0.15) is 29.6 Å². The van der Waals surface area contributed by atoms with Gasteiger partial charge in [0.25, 0.3) is 0 Å². The number of aryl methyl sites for hydroxylation is 1. The third-order valence-corrected chi connectivity index (χ3v) is 6.90. The average molecular weight is 369 g/mol. The fourth-order valence-corrected chi connectivity index (χ4v) is 5.49. The van der Waals surface area contributed by atoms with Gasteiger partial charge in [-0.15, -0.1) is 11.3 Å². The summed E-state index contributed by atoms with van der Waals surface area (Å²) in [6, 6.07) is 8.34. The Morgan fingerprint density at radius 3 is 2.81 bits per heavy atom. The topological polar surface area (TPSA) is 54.2 Å². The van der Waals surface area contributed by atoms with E-state index in [4.69, 9.17) is 0 Å². The van der Waals surface area contributed by atoms with E-state index in [0.29, 0.717) is 11.8 Å². The number of aromatic nitrogens is 3. The molecule has 1 saturated carbocycles. The molecule has 2 aliphatic rings. The summed E-state index contributed by atoms with van der Waals surface area (Å²) in [7, 11) is 0. The highest BCUT2D eigenvalue weighted by Gasteiger charge is 2.42. The molecule has 5 nitrogen and oxygen atoms in total. The smallest absolute Gasteiger partial charge is 0.0961 e. The molecule has 3 heterocycles. The number of hydrogen-bond acceptors (Lipinski definition) is 5. The maximum Gasteiger partial charge on any atom is 0.0961 e. The van der Waals surface area contributed by atoms with E-state index in [-0.39, 0.29) is 12.1 Å². The van der Waals surface area contributed by atoms with Gasteiger partial charge in [0.05, 0.1) is 40.2 Å². The zero-order chi connectivity index (χ0) is 17.7. The average Bonchev–Trinajstić information content (AvgIpc) is 3.32. The third-order valence-electron chi connectivity index (χ3n) is 6.08. The van der Waals surface area contributed by atoms with E-state index in [0.717, 1.165) is 48.5 Å².